The van der Waals surface area contributed by atoms with Gasteiger partial charge in [-0.05, 0) is 12.5 Å². The largest absolute Gasteiger partial charge is 0.390 e. The van der Waals surface area contributed by atoms with Crippen LogP contribution in [0.4, 0.5) is 11.4 Å². The second kappa shape index (κ2) is 8.64. The first kappa shape index (κ1) is 17.5. The van der Waals surface area contributed by atoms with Gasteiger partial charge in [0.05, 0.1) is 15.6 Å². The Hall–Kier alpha value is -2.59. The van der Waals surface area contributed by atoms with E-state index in [-0.39, 0.29) is 22.0 Å². The van der Waals surface area contributed by atoms with E-state index in [1.54, 1.807) is 6.07 Å². The van der Waals surface area contributed by atoms with Gasteiger partial charge in [0, 0.05) is 24.9 Å². The number of unbranched alkanes of at least 4 members (excludes halogenated alkanes) is 1. The van der Waals surface area contributed by atoms with Gasteiger partial charge in [0.2, 0.25) is 0 Å². The summed E-state index contributed by atoms with van der Waals surface area (Å²) >= 11 is 5.88. The first-order valence-electron chi connectivity index (χ1n) is 6.58. The van der Waals surface area contributed by atoms with Crippen molar-refractivity contribution >= 4 is 28.9 Å². The van der Waals surface area contributed by atoms with Gasteiger partial charge in [-0.1, -0.05) is 24.9 Å². The number of non-ortho nitro benzene ring substituents is 1. The van der Waals surface area contributed by atoms with Gasteiger partial charge in [0.15, 0.2) is 0 Å². The molecule has 0 spiro atoms. The van der Waals surface area contributed by atoms with Crippen molar-refractivity contribution in [1.29, 1.82) is 5.26 Å². The summed E-state index contributed by atoms with van der Waals surface area (Å²) in [7, 11) is 0. The smallest absolute Gasteiger partial charge is 0.271 e. The Morgan fingerprint density at radius 1 is 1.55 bits per heavy atom. The number of halogens is 1. The molecule has 2 N–H and O–H groups in total. The van der Waals surface area contributed by atoms with Crippen LogP contribution in [0.2, 0.25) is 5.02 Å². The second-order valence-electron chi connectivity index (χ2n) is 4.35. The van der Waals surface area contributed by atoms with E-state index in [2.05, 4.69) is 10.6 Å². The third-order valence-corrected chi connectivity index (χ3v) is 3.02. The maximum absolute atomic E-state index is 12.0. The standard InChI is InChI=1S/C14H15ClN4O3/c1-2-3-6-17-9-10(8-16)14(20)18-13-7-11(19(21)22)4-5-12(13)15/h4-5,7,9,17H,2-3,6H2,1H3,(H,18,20)/b10-9-. The fourth-order valence-electron chi connectivity index (χ4n) is 1.51. The van der Waals surface area contributed by atoms with Crippen molar-refractivity contribution in [3.8, 4) is 6.07 Å². The van der Waals surface area contributed by atoms with Crippen LogP contribution in [0.5, 0.6) is 0 Å². The average molecular weight is 323 g/mol. The molecule has 0 fully saturated rings. The zero-order valence-corrected chi connectivity index (χ0v) is 12.7. The minimum atomic E-state index is -0.686. The molecule has 22 heavy (non-hydrogen) atoms. The van der Waals surface area contributed by atoms with Gasteiger partial charge in [-0.15, -0.1) is 0 Å². The Morgan fingerprint density at radius 2 is 2.27 bits per heavy atom. The highest BCUT2D eigenvalue weighted by Crippen LogP contribution is 2.26. The number of nitrogens with one attached hydrogen (secondary N) is 2. The highest BCUT2D eigenvalue weighted by Gasteiger charge is 2.14. The number of benzene rings is 1. The SMILES string of the molecule is CCCCN/C=C(/C#N)C(=O)Nc1cc([N+](=O)[O-])ccc1Cl. The maximum atomic E-state index is 12.0. The van der Waals surface area contributed by atoms with Crippen molar-refractivity contribution in [2.45, 2.75) is 19.8 Å². The Labute approximate surface area is 132 Å². The highest BCUT2D eigenvalue weighted by atomic mass is 35.5. The monoisotopic (exact) mass is 322 g/mol. The van der Waals surface area contributed by atoms with E-state index >= 15 is 0 Å². The lowest BCUT2D eigenvalue weighted by molar-refractivity contribution is -0.384. The Bertz CT molecular complexity index is 637. The molecule has 0 aromatic heterocycles. The number of carbonyl (C=O) groups is 1. The van der Waals surface area contributed by atoms with Crippen LogP contribution in [0.15, 0.2) is 30.0 Å². The predicted molar refractivity (Wildman–Crippen MR) is 83.3 cm³/mol. The van der Waals surface area contributed by atoms with E-state index in [1.165, 1.54) is 18.3 Å². The topological polar surface area (TPSA) is 108 Å². The zero-order valence-electron chi connectivity index (χ0n) is 11.9. The molecule has 0 saturated heterocycles. The molecule has 7 nitrogen and oxygen atoms in total. The fourth-order valence-corrected chi connectivity index (χ4v) is 1.68. The van der Waals surface area contributed by atoms with Crippen molar-refractivity contribution in [3.05, 3.63) is 45.1 Å². The van der Waals surface area contributed by atoms with E-state index in [0.717, 1.165) is 18.9 Å². The van der Waals surface area contributed by atoms with Gasteiger partial charge in [-0.2, -0.15) is 5.26 Å². The number of anilines is 1. The molecule has 0 bridgehead atoms. The van der Waals surface area contributed by atoms with Crippen LogP contribution in [-0.2, 0) is 4.79 Å². The van der Waals surface area contributed by atoms with Crippen molar-refractivity contribution in [2.75, 3.05) is 11.9 Å². The molecular formula is C14H15ClN4O3. The predicted octanol–water partition coefficient (Wildman–Crippen LogP) is 2.98. The van der Waals surface area contributed by atoms with Crippen LogP contribution in [0.3, 0.4) is 0 Å². The number of nitro benzene ring substituents is 1. The summed E-state index contributed by atoms with van der Waals surface area (Å²) < 4.78 is 0. The molecule has 0 aliphatic rings. The zero-order chi connectivity index (χ0) is 16.5. The highest BCUT2D eigenvalue weighted by molar-refractivity contribution is 6.34. The number of hydrogen-bond acceptors (Lipinski definition) is 5. The van der Waals surface area contributed by atoms with Gasteiger partial charge in [0.1, 0.15) is 11.6 Å². The Kier molecular flexibility index (Phi) is 6.86. The van der Waals surface area contributed by atoms with Gasteiger partial charge in [0.25, 0.3) is 11.6 Å². The minimum absolute atomic E-state index is 0.0792. The number of rotatable bonds is 7. The lowest BCUT2D eigenvalue weighted by Gasteiger charge is -2.06. The Morgan fingerprint density at radius 3 is 2.86 bits per heavy atom. The van der Waals surface area contributed by atoms with Crippen LogP contribution in [0.1, 0.15) is 19.8 Å². The number of hydrogen-bond donors (Lipinski definition) is 2. The van der Waals surface area contributed by atoms with E-state index in [9.17, 15) is 14.9 Å². The van der Waals surface area contributed by atoms with Crippen molar-refractivity contribution in [1.82, 2.24) is 5.32 Å². The molecule has 1 rings (SSSR count). The van der Waals surface area contributed by atoms with E-state index in [0.29, 0.717) is 6.54 Å². The van der Waals surface area contributed by atoms with E-state index in [4.69, 9.17) is 16.9 Å². The molecule has 0 aliphatic heterocycles. The molecule has 0 heterocycles. The molecule has 1 amide bonds. The van der Waals surface area contributed by atoms with Crippen LogP contribution >= 0.6 is 11.6 Å². The summed E-state index contributed by atoms with van der Waals surface area (Å²) in [5.41, 5.74) is -0.266. The molecular weight excluding hydrogens is 308 g/mol. The lowest BCUT2D eigenvalue weighted by atomic mass is 10.2. The molecule has 8 heteroatoms. The summed E-state index contributed by atoms with van der Waals surface area (Å²) in [6.45, 7) is 2.67. The minimum Gasteiger partial charge on any atom is -0.390 e. The summed E-state index contributed by atoms with van der Waals surface area (Å²) in [5.74, 6) is -0.686. The molecule has 0 saturated carbocycles. The summed E-state index contributed by atoms with van der Waals surface area (Å²) in [5, 5.41) is 25.1. The molecule has 0 aliphatic carbocycles. The van der Waals surface area contributed by atoms with Gasteiger partial charge in [-0.3, -0.25) is 14.9 Å². The number of nitrogens with zero attached hydrogens (tertiary/aromatic N) is 2. The van der Waals surface area contributed by atoms with Gasteiger partial charge < -0.3 is 10.6 Å². The van der Waals surface area contributed by atoms with Crippen molar-refractivity contribution in [3.63, 3.8) is 0 Å². The summed E-state index contributed by atoms with van der Waals surface area (Å²) in [6, 6.07) is 5.44. The molecule has 1 aromatic carbocycles. The summed E-state index contributed by atoms with van der Waals surface area (Å²) in [4.78, 5) is 22.1. The number of amides is 1. The normalized spacial score (nSPS) is 10.7. The maximum Gasteiger partial charge on any atom is 0.271 e. The summed E-state index contributed by atoms with van der Waals surface area (Å²) in [6.07, 6.45) is 3.21. The molecule has 0 radical (unpaired) electrons. The average Bonchev–Trinajstić information content (AvgIpc) is 2.49. The van der Waals surface area contributed by atoms with Crippen LogP contribution in [0, 0.1) is 21.4 Å². The Balaban J connectivity index is 2.84. The van der Waals surface area contributed by atoms with Crippen LogP contribution in [-0.4, -0.2) is 17.4 Å². The van der Waals surface area contributed by atoms with E-state index in [1.807, 2.05) is 6.92 Å². The quantitative estimate of drug-likeness (QED) is 0.264. The van der Waals surface area contributed by atoms with Crippen molar-refractivity contribution < 1.29 is 9.72 Å². The lowest BCUT2D eigenvalue weighted by Crippen LogP contribution is -2.17. The van der Waals surface area contributed by atoms with E-state index < -0.39 is 10.8 Å². The second-order valence-corrected chi connectivity index (χ2v) is 4.76. The van der Waals surface area contributed by atoms with Gasteiger partial charge in [-0.25, -0.2) is 0 Å². The number of nitriles is 1. The van der Waals surface area contributed by atoms with Crippen LogP contribution < -0.4 is 10.6 Å². The third kappa shape index (κ3) is 5.07. The first-order valence-corrected chi connectivity index (χ1v) is 6.96. The third-order valence-electron chi connectivity index (χ3n) is 2.70. The first-order chi connectivity index (χ1) is 10.5. The molecule has 116 valence electrons. The van der Waals surface area contributed by atoms with Crippen molar-refractivity contribution in [2.24, 2.45) is 0 Å². The number of nitro groups is 1. The molecule has 0 unspecified atom stereocenters. The van der Waals surface area contributed by atoms with Gasteiger partial charge >= 0.3 is 0 Å². The number of carbonyl (C=O) groups excluding carboxylic acids is 1. The molecule has 0 atom stereocenters. The van der Waals surface area contributed by atoms with Crippen LogP contribution in [0.25, 0.3) is 0 Å². The fraction of sp³-hybridized carbons (Fsp3) is 0.286. The molecule has 1 aromatic rings.